The van der Waals surface area contributed by atoms with Crippen molar-refractivity contribution in [3.05, 3.63) is 28.7 Å². The molecule has 1 aromatic carbocycles. The second-order valence-electron chi connectivity index (χ2n) is 4.71. The van der Waals surface area contributed by atoms with Crippen LogP contribution in [0.5, 0.6) is 17.2 Å². The van der Waals surface area contributed by atoms with Gasteiger partial charge in [0.2, 0.25) is 5.75 Å². The van der Waals surface area contributed by atoms with E-state index in [1.807, 2.05) is 12.1 Å². The van der Waals surface area contributed by atoms with Crippen molar-refractivity contribution in [3.8, 4) is 17.2 Å². The maximum absolute atomic E-state index is 5.96. The van der Waals surface area contributed by atoms with E-state index in [1.54, 1.807) is 28.3 Å². The van der Waals surface area contributed by atoms with E-state index < -0.39 is 0 Å². The van der Waals surface area contributed by atoms with E-state index in [9.17, 15) is 0 Å². The number of aryl methyl sites for hydroxylation is 1. The molecule has 2 aromatic rings. The average Bonchev–Trinajstić information content (AvgIpc) is 2.55. The molecule has 0 bridgehead atoms. The Hall–Kier alpha value is -2.41. The van der Waals surface area contributed by atoms with E-state index in [0.29, 0.717) is 41.1 Å². The first kappa shape index (κ1) is 17.0. The number of ether oxygens (including phenoxy) is 3. The molecule has 0 radical (unpaired) electrons. The molecule has 0 spiro atoms. The first-order valence-corrected chi connectivity index (χ1v) is 7.20. The number of halogens is 1. The minimum absolute atomic E-state index is 0.227. The molecule has 1 aromatic heterocycles. The standard InChI is InChI=1S/C15H19ClN4O3/c1-8-19-14(16)12(17)15(20-8)18-7-9-5-10(21-2)13(23-4)11(6-9)22-3/h5-6H,7,17H2,1-4H3,(H,18,19,20). The van der Waals surface area contributed by atoms with E-state index in [2.05, 4.69) is 15.3 Å². The largest absolute Gasteiger partial charge is 0.493 e. The number of nitrogens with one attached hydrogen (secondary N) is 1. The van der Waals surface area contributed by atoms with Crippen LogP contribution in [0, 0.1) is 6.92 Å². The van der Waals surface area contributed by atoms with Gasteiger partial charge in [-0.2, -0.15) is 0 Å². The maximum Gasteiger partial charge on any atom is 0.203 e. The fourth-order valence-corrected chi connectivity index (χ4v) is 2.32. The van der Waals surface area contributed by atoms with Crippen molar-refractivity contribution >= 4 is 23.1 Å². The fraction of sp³-hybridized carbons (Fsp3) is 0.333. The molecule has 0 aliphatic heterocycles. The van der Waals surface area contributed by atoms with Crippen LogP contribution in [0.4, 0.5) is 11.5 Å². The number of rotatable bonds is 6. The molecule has 7 nitrogen and oxygen atoms in total. The van der Waals surface area contributed by atoms with Gasteiger partial charge in [0, 0.05) is 6.54 Å². The summed E-state index contributed by atoms with van der Waals surface area (Å²) >= 11 is 5.96. The van der Waals surface area contributed by atoms with Crippen LogP contribution < -0.4 is 25.3 Å². The highest BCUT2D eigenvalue weighted by Gasteiger charge is 2.14. The lowest BCUT2D eigenvalue weighted by Crippen LogP contribution is -2.08. The number of methoxy groups -OCH3 is 3. The quantitative estimate of drug-likeness (QED) is 0.782. The molecular formula is C15H19ClN4O3. The topological polar surface area (TPSA) is 91.5 Å². The van der Waals surface area contributed by atoms with Gasteiger partial charge < -0.3 is 25.3 Å². The highest BCUT2D eigenvalue weighted by Crippen LogP contribution is 2.38. The van der Waals surface area contributed by atoms with Gasteiger partial charge in [0.15, 0.2) is 22.5 Å². The summed E-state index contributed by atoms with van der Waals surface area (Å²) in [5.74, 6) is 2.72. The first-order valence-electron chi connectivity index (χ1n) is 6.82. The van der Waals surface area contributed by atoms with Crippen LogP contribution in [-0.2, 0) is 6.54 Å². The minimum atomic E-state index is 0.227. The second kappa shape index (κ2) is 7.23. The van der Waals surface area contributed by atoms with Gasteiger partial charge in [-0.15, -0.1) is 0 Å². The Bertz CT molecular complexity index is 684. The molecule has 23 heavy (non-hydrogen) atoms. The van der Waals surface area contributed by atoms with E-state index in [0.717, 1.165) is 5.56 Å². The fourth-order valence-electron chi connectivity index (χ4n) is 2.11. The Labute approximate surface area is 139 Å². The van der Waals surface area contributed by atoms with Gasteiger partial charge in [0.1, 0.15) is 11.5 Å². The van der Waals surface area contributed by atoms with E-state index in [1.165, 1.54) is 0 Å². The lowest BCUT2D eigenvalue weighted by molar-refractivity contribution is 0.324. The van der Waals surface area contributed by atoms with E-state index in [4.69, 9.17) is 31.5 Å². The molecule has 0 saturated heterocycles. The number of benzene rings is 1. The van der Waals surface area contributed by atoms with Crippen LogP contribution in [0.15, 0.2) is 12.1 Å². The number of nitrogens with two attached hydrogens (primary N) is 1. The minimum Gasteiger partial charge on any atom is -0.493 e. The molecule has 2 rings (SSSR count). The number of nitrogens with zero attached hydrogens (tertiary/aromatic N) is 2. The van der Waals surface area contributed by atoms with Crippen molar-refractivity contribution in [2.24, 2.45) is 0 Å². The maximum atomic E-state index is 5.96. The van der Waals surface area contributed by atoms with Crippen molar-refractivity contribution in [1.29, 1.82) is 0 Å². The van der Waals surface area contributed by atoms with Crippen molar-refractivity contribution in [2.45, 2.75) is 13.5 Å². The summed E-state index contributed by atoms with van der Waals surface area (Å²) in [4.78, 5) is 8.25. The third-order valence-corrected chi connectivity index (χ3v) is 3.48. The molecule has 8 heteroatoms. The number of anilines is 2. The first-order chi connectivity index (χ1) is 11.0. The molecule has 0 saturated carbocycles. The van der Waals surface area contributed by atoms with Gasteiger partial charge in [0.25, 0.3) is 0 Å². The Morgan fingerprint density at radius 1 is 1.09 bits per heavy atom. The monoisotopic (exact) mass is 338 g/mol. The van der Waals surface area contributed by atoms with Gasteiger partial charge in [0.05, 0.1) is 21.3 Å². The zero-order valence-corrected chi connectivity index (χ0v) is 14.2. The molecular weight excluding hydrogens is 320 g/mol. The van der Waals surface area contributed by atoms with Crippen LogP contribution >= 0.6 is 11.6 Å². The van der Waals surface area contributed by atoms with Crippen molar-refractivity contribution in [3.63, 3.8) is 0 Å². The predicted molar refractivity (Wildman–Crippen MR) is 89.6 cm³/mol. The summed E-state index contributed by atoms with van der Waals surface area (Å²) < 4.78 is 16.0. The van der Waals surface area contributed by atoms with Crippen LogP contribution in [0.25, 0.3) is 0 Å². The normalized spacial score (nSPS) is 10.3. The zero-order valence-electron chi connectivity index (χ0n) is 13.4. The second-order valence-corrected chi connectivity index (χ2v) is 5.07. The molecule has 3 N–H and O–H groups in total. The zero-order chi connectivity index (χ0) is 17.0. The summed E-state index contributed by atoms with van der Waals surface area (Å²) in [6.07, 6.45) is 0. The molecule has 0 unspecified atom stereocenters. The number of nitrogen functional groups attached to an aromatic ring is 1. The van der Waals surface area contributed by atoms with Crippen LogP contribution in [0.1, 0.15) is 11.4 Å². The SMILES string of the molecule is COc1cc(CNc2nc(C)nc(Cl)c2N)cc(OC)c1OC. The molecule has 0 aliphatic rings. The summed E-state index contributed by atoms with van der Waals surface area (Å²) in [6, 6.07) is 3.69. The number of hydrogen-bond acceptors (Lipinski definition) is 7. The third kappa shape index (κ3) is 3.68. The molecule has 1 heterocycles. The Kier molecular flexibility index (Phi) is 5.33. The summed E-state index contributed by atoms with van der Waals surface area (Å²) in [6.45, 7) is 2.20. The van der Waals surface area contributed by atoms with Crippen molar-refractivity contribution in [2.75, 3.05) is 32.4 Å². The third-order valence-electron chi connectivity index (χ3n) is 3.20. The molecule has 0 aliphatic carbocycles. The molecule has 124 valence electrons. The highest BCUT2D eigenvalue weighted by molar-refractivity contribution is 6.32. The average molecular weight is 339 g/mol. The molecule has 0 fully saturated rings. The summed E-state index contributed by atoms with van der Waals surface area (Å²) in [7, 11) is 4.70. The van der Waals surface area contributed by atoms with Crippen molar-refractivity contribution in [1.82, 2.24) is 9.97 Å². The summed E-state index contributed by atoms with van der Waals surface area (Å²) in [5, 5.41) is 3.37. The number of hydrogen-bond donors (Lipinski definition) is 2. The lowest BCUT2D eigenvalue weighted by Gasteiger charge is -2.15. The molecule has 0 amide bonds. The highest BCUT2D eigenvalue weighted by atomic mass is 35.5. The Morgan fingerprint density at radius 3 is 2.22 bits per heavy atom. The molecule has 0 atom stereocenters. The van der Waals surface area contributed by atoms with Crippen LogP contribution in [0.3, 0.4) is 0 Å². The van der Waals surface area contributed by atoms with Gasteiger partial charge >= 0.3 is 0 Å². The Morgan fingerprint density at radius 2 is 1.70 bits per heavy atom. The van der Waals surface area contributed by atoms with E-state index >= 15 is 0 Å². The van der Waals surface area contributed by atoms with Crippen LogP contribution in [-0.4, -0.2) is 31.3 Å². The Balaban J connectivity index is 2.27. The predicted octanol–water partition coefficient (Wildman–Crippen LogP) is 2.66. The lowest BCUT2D eigenvalue weighted by atomic mass is 10.1. The van der Waals surface area contributed by atoms with Crippen LogP contribution in [0.2, 0.25) is 5.15 Å². The van der Waals surface area contributed by atoms with Gasteiger partial charge in [-0.25, -0.2) is 9.97 Å². The van der Waals surface area contributed by atoms with Gasteiger partial charge in [-0.05, 0) is 24.6 Å². The smallest absolute Gasteiger partial charge is 0.203 e. The summed E-state index contributed by atoms with van der Waals surface area (Å²) in [5.41, 5.74) is 7.10. The number of aromatic nitrogens is 2. The van der Waals surface area contributed by atoms with Gasteiger partial charge in [-0.1, -0.05) is 11.6 Å². The van der Waals surface area contributed by atoms with Gasteiger partial charge in [-0.3, -0.25) is 0 Å². The van der Waals surface area contributed by atoms with E-state index in [-0.39, 0.29) is 5.15 Å². The van der Waals surface area contributed by atoms with Crippen molar-refractivity contribution < 1.29 is 14.2 Å².